The minimum Gasteiger partial charge on any atom is -0.496 e. The van der Waals surface area contributed by atoms with Gasteiger partial charge in [-0.25, -0.2) is 9.97 Å². The molecule has 1 unspecified atom stereocenters. The lowest BCUT2D eigenvalue weighted by Gasteiger charge is -2.11. The Balaban J connectivity index is 2.81. The maximum atomic E-state index is 11.7. The molecule has 0 saturated carbocycles. The van der Waals surface area contributed by atoms with Gasteiger partial charge < -0.3 is 10.5 Å². The van der Waals surface area contributed by atoms with Gasteiger partial charge in [-0.15, -0.1) is 0 Å². The molecule has 0 aliphatic carbocycles. The second-order valence-electron chi connectivity index (χ2n) is 3.88. The molecular formula is C13H12N4O2S. The summed E-state index contributed by atoms with van der Waals surface area (Å²) in [6.07, 6.45) is 1.44. The van der Waals surface area contributed by atoms with E-state index < -0.39 is 10.8 Å². The van der Waals surface area contributed by atoms with Gasteiger partial charge in [0.05, 0.1) is 23.6 Å². The molecule has 0 aliphatic heterocycles. The third-order valence-electron chi connectivity index (χ3n) is 2.64. The molecule has 1 heterocycles. The number of nitrogen functional groups attached to an aromatic ring is 1. The molecule has 0 spiro atoms. The van der Waals surface area contributed by atoms with E-state index in [-0.39, 0.29) is 16.5 Å². The summed E-state index contributed by atoms with van der Waals surface area (Å²) in [5, 5.41) is 9.44. The zero-order valence-corrected chi connectivity index (χ0v) is 11.8. The van der Waals surface area contributed by atoms with Gasteiger partial charge in [0.1, 0.15) is 17.4 Å². The van der Waals surface area contributed by atoms with Gasteiger partial charge in [0.25, 0.3) is 0 Å². The third kappa shape index (κ3) is 2.46. The van der Waals surface area contributed by atoms with Crippen molar-refractivity contribution in [3.8, 4) is 23.1 Å². The molecule has 2 N–H and O–H groups in total. The average molecular weight is 288 g/mol. The van der Waals surface area contributed by atoms with Crippen molar-refractivity contribution in [2.24, 2.45) is 0 Å². The molecule has 1 aromatic carbocycles. The summed E-state index contributed by atoms with van der Waals surface area (Å²) in [6, 6.07) is 9.09. The van der Waals surface area contributed by atoms with Gasteiger partial charge in [0.15, 0.2) is 5.03 Å². The minimum atomic E-state index is -1.44. The fraction of sp³-hybridized carbons (Fsp3) is 0.154. The van der Waals surface area contributed by atoms with Crippen LogP contribution in [-0.4, -0.2) is 27.5 Å². The molecule has 0 fully saturated rings. The summed E-state index contributed by atoms with van der Waals surface area (Å²) in [7, 11) is 0.0844. The van der Waals surface area contributed by atoms with Crippen molar-refractivity contribution >= 4 is 16.7 Å². The summed E-state index contributed by atoms with van der Waals surface area (Å²) in [6.45, 7) is 0. The Morgan fingerprint density at radius 2 is 2.05 bits per heavy atom. The van der Waals surface area contributed by atoms with Crippen molar-refractivity contribution in [3.05, 3.63) is 29.8 Å². The van der Waals surface area contributed by atoms with Crippen LogP contribution >= 0.6 is 0 Å². The van der Waals surface area contributed by atoms with Gasteiger partial charge in [-0.3, -0.25) is 4.21 Å². The van der Waals surface area contributed by atoms with E-state index in [1.54, 1.807) is 24.3 Å². The number of benzene rings is 1. The Morgan fingerprint density at radius 3 is 2.65 bits per heavy atom. The van der Waals surface area contributed by atoms with E-state index >= 15 is 0 Å². The number of nitrogens with two attached hydrogens (primary N) is 1. The number of aromatic nitrogens is 2. The molecule has 1 atom stereocenters. The summed E-state index contributed by atoms with van der Waals surface area (Å²) < 4.78 is 17.0. The number of methoxy groups -OCH3 is 1. The Labute approximate surface area is 118 Å². The van der Waals surface area contributed by atoms with Gasteiger partial charge in [-0.1, -0.05) is 12.1 Å². The number of ether oxygens (including phenoxy) is 1. The van der Waals surface area contributed by atoms with Crippen LogP contribution in [-0.2, 0) is 10.8 Å². The third-order valence-corrected chi connectivity index (χ3v) is 3.48. The molecule has 2 aromatic rings. The van der Waals surface area contributed by atoms with Gasteiger partial charge in [0, 0.05) is 11.8 Å². The second kappa shape index (κ2) is 5.67. The molecule has 102 valence electrons. The van der Waals surface area contributed by atoms with Crippen molar-refractivity contribution in [2.45, 2.75) is 5.03 Å². The molecule has 0 bridgehead atoms. The molecule has 0 amide bonds. The first-order chi connectivity index (χ1) is 9.58. The van der Waals surface area contributed by atoms with E-state index in [1.165, 1.54) is 13.4 Å². The first kappa shape index (κ1) is 14.0. The van der Waals surface area contributed by atoms with E-state index in [2.05, 4.69) is 9.97 Å². The van der Waals surface area contributed by atoms with Crippen LogP contribution in [0.1, 0.15) is 5.56 Å². The van der Waals surface area contributed by atoms with Crippen LogP contribution in [0.2, 0.25) is 0 Å². The number of nitrogens with zero attached hydrogens (tertiary/aromatic N) is 3. The van der Waals surface area contributed by atoms with E-state index in [0.717, 1.165) is 0 Å². The Bertz CT molecular complexity index is 725. The first-order valence-electron chi connectivity index (χ1n) is 5.63. The van der Waals surface area contributed by atoms with Crippen molar-refractivity contribution in [1.29, 1.82) is 5.26 Å². The first-order valence-corrected chi connectivity index (χ1v) is 7.18. The van der Waals surface area contributed by atoms with E-state index in [4.69, 9.17) is 10.5 Å². The van der Waals surface area contributed by atoms with Gasteiger partial charge in [-0.2, -0.15) is 5.26 Å². The monoisotopic (exact) mass is 288 g/mol. The van der Waals surface area contributed by atoms with Crippen molar-refractivity contribution in [3.63, 3.8) is 0 Å². The molecule has 0 aliphatic rings. The van der Waals surface area contributed by atoms with Crippen LogP contribution in [0.15, 0.2) is 29.3 Å². The Kier molecular flexibility index (Phi) is 3.96. The highest BCUT2D eigenvalue weighted by Gasteiger charge is 2.19. The number of para-hydroxylation sites is 1. The molecule has 1 aromatic heterocycles. The summed E-state index contributed by atoms with van der Waals surface area (Å²) >= 11 is 0. The van der Waals surface area contributed by atoms with Crippen LogP contribution in [0.4, 0.5) is 5.95 Å². The Morgan fingerprint density at radius 1 is 1.35 bits per heavy atom. The molecule has 2 rings (SSSR count). The lowest BCUT2D eigenvalue weighted by atomic mass is 10.1. The molecule has 0 saturated heterocycles. The average Bonchev–Trinajstić information content (AvgIpc) is 2.46. The van der Waals surface area contributed by atoms with Crippen LogP contribution in [0.5, 0.6) is 5.75 Å². The molecule has 7 heteroatoms. The number of anilines is 1. The van der Waals surface area contributed by atoms with Gasteiger partial charge in [-0.05, 0) is 12.1 Å². The van der Waals surface area contributed by atoms with Gasteiger partial charge in [0.2, 0.25) is 5.95 Å². The summed E-state index contributed by atoms with van der Waals surface area (Å²) in [5.74, 6) is 0.519. The van der Waals surface area contributed by atoms with Crippen LogP contribution in [0, 0.1) is 11.3 Å². The maximum absolute atomic E-state index is 11.7. The quantitative estimate of drug-likeness (QED) is 0.855. The molecule has 6 nitrogen and oxygen atoms in total. The number of rotatable bonds is 3. The summed E-state index contributed by atoms with van der Waals surface area (Å²) in [5.41, 5.74) is 6.71. The molecule has 20 heavy (non-hydrogen) atoms. The standard InChI is InChI=1S/C13H12N4O2S/c1-19-10-6-4-3-5-8(10)11-9(7-14)12(20(2)18)17-13(15)16-11/h3-6H,1-2H3,(H2,15,16,17). The second-order valence-corrected chi connectivity index (χ2v) is 5.17. The van der Waals surface area contributed by atoms with Crippen molar-refractivity contribution < 1.29 is 8.95 Å². The Hall–Kier alpha value is -2.46. The SMILES string of the molecule is COc1ccccc1-c1nc(N)nc(S(C)=O)c1C#N. The van der Waals surface area contributed by atoms with E-state index in [0.29, 0.717) is 17.0 Å². The maximum Gasteiger partial charge on any atom is 0.221 e. The highest BCUT2D eigenvalue weighted by Crippen LogP contribution is 2.32. The number of nitriles is 1. The lowest BCUT2D eigenvalue weighted by molar-refractivity contribution is 0.416. The fourth-order valence-corrected chi connectivity index (χ4v) is 2.45. The minimum absolute atomic E-state index is 0.0323. The number of hydrogen-bond acceptors (Lipinski definition) is 6. The summed E-state index contributed by atoms with van der Waals surface area (Å²) in [4.78, 5) is 7.98. The largest absolute Gasteiger partial charge is 0.496 e. The fourth-order valence-electron chi connectivity index (χ4n) is 1.80. The van der Waals surface area contributed by atoms with Crippen molar-refractivity contribution in [1.82, 2.24) is 9.97 Å². The normalized spacial score (nSPS) is 11.7. The van der Waals surface area contributed by atoms with Gasteiger partial charge >= 0.3 is 0 Å². The molecule has 0 radical (unpaired) electrons. The topological polar surface area (TPSA) is 102 Å². The zero-order valence-electron chi connectivity index (χ0n) is 11.0. The predicted molar refractivity (Wildman–Crippen MR) is 75.5 cm³/mol. The van der Waals surface area contributed by atoms with Crippen molar-refractivity contribution in [2.75, 3.05) is 19.1 Å². The van der Waals surface area contributed by atoms with E-state index in [9.17, 15) is 9.47 Å². The highest BCUT2D eigenvalue weighted by molar-refractivity contribution is 7.84. The number of hydrogen-bond donors (Lipinski definition) is 1. The smallest absolute Gasteiger partial charge is 0.221 e. The predicted octanol–water partition coefficient (Wildman–Crippen LogP) is 1.34. The van der Waals surface area contributed by atoms with Crippen LogP contribution in [0.25, 0.3) is 11.3 Å². The highest BCUT2D eigenvalue weighted by atomic mass is 32.2. The van der Waals surface area contributed by atoms with E-state index in [1.807, 2.05) is 6.07 Å². The zero-order chi connectivity index (χ0) is 14.7. The lowest BCUT2D eigenvalue weighted by Crippen LogP contribution is -2.07. The van der Waals surface area contributed by atoms with Crippen LogP contribution < -0.4 is 10.5 Å². The van der Waals surface area contributed by atoms with Crippen LogP contribution in [0.3, 0.4) is 0 Å². The molecular weight excluding hydrogens is 276 g/mol.